The summed E-state index contributed by atoms with van der Waals surface area (Å²) in [4.78, 5) is 11.5. The van der Waals surface area contributed by atoms with E-state index in [2.05, 4.69) is 20.8 Å². The molecular formula is C17H17ClO. The zero-order chi connectivity index (χ0) is 14.0. The minimum Gasteiger partial charge on any atom is -0.298 e. The summed E-state index contributed by atoms with van der Waals surface area (Å²) in [7, 11) is 0. The number of hydrogen-bond acceptors (Lipinski definition) is 1. The van der Waals surface area contributed by atoms with Crippen LogP contribution in [0.2, 0.25) is 5.02 Å². The fraction of sp³-hybridized carbons (Fsp3) is 0.235. The van der Waals surface area contributed by atoms with E-state index in [1.807, 2.05) is 42.5 Å². The van der Waals surface area contributed by atoms with Crippen molar-refractivity contribution in [2.45, 2.75) is 26.2 Å². The predicted octanol–water partition coefficient (Wildman–Crippen LogP) is 5.12. The van der Waals surface area contributed by atoms with Crippen LogP contribution in [0.5, 0.6) is 0 Å². The second-order valence-electron chi connectivity index (χ2n) is 5.64. The molecule has 0 fully saturated rings. The summed E-state index contributed by atoms with van der Waals surface area (Å²) in [5, 5.41) is 0.698. The summed E-state index contributed by atoms with van der Waals surface area (Å²) >= 11 is 5.91. The summed E-state index contributed by atoms with van der Waals surface area (Å²) in [6, 6.07) is 13.6. The van der Waals surface area contributed by atoms with Gasteiger partial charge in [0.05, 0.1) is 0 Å². The lowest BCUT2D eigenvalue weighted by atomic mass is 9.81. The van der Waals surface area contributed by atoms with Gasteiger partial charge in [-0.05, 0) is 34.2 Å². The van der Waals surface area contributed by atoms with E-state index in [0.717, 1.165) is 28.5 Å². The molecule has 2 rings (SSSR count). The Morgan fingerprint density at radius 3 is 2.16 bits per heavy atom. The average Bonchev–Trinajstić information content (AvgIpc) is 2.37. The highest BCUT2D eigenvalue weighted by Crippen LogP contribution is 2.32. The number of aldehydes is 1. The van der Waals surface area contributed by atoms with E-state index in [1.54, 1.807) is 0 Å². The molecule has 0 saturated heterocycles. The largest absolute Gasteiger partial charge is 0.298 e. The fourth-order valence-corrected chi connectivity index (χ4v) is 2.35. The van der Waals surface area contributed by atoms with Gasteiger partial charge in [-0.15, -0.1) is 0 Å². The van der Waals surface area contributed by atoms with E-state index in [0.29, 0.717) is 5.02 Å². The van der Waals surface area contributed by atoms with Crippen LogP contribution in [-0.4, -0.2) is 6.29 Å². The van der Waals surface area contributed by atoms with Gasteiger partial charge < -0.3 is 0 Å². The SMILES string of the molecule is CC(C)(C)c1cccc(-c2ccc(Cl)cc2)c1C=O. The van der Waals surface area contributed by atoms with Gasteiger partial charge in [0.2, 0.25) is 0 Å². The Balaban J connectivity index is 2.64. The first-order chi connectivity index (χ1) is 8.93. The maximum Gasteiger partial charge on any atom is 0.150 e. The summed E-state index contributed by atoms with van der Waals surface area (Å²) in [5.74, 6) is 0. The molecule has 0 unspecified atom stereocenters. The van der Waals surface area contributed by atoms with Gasteiger partial charge in [-0.2, -0.15) is 0 Å². The van der Waals surface area contributed by atoms with E-state index in [9.17, 15) is 4.79 Å². The molecule has 1 nitrogen and oxygen atoms in total. The lowest BCUT2D eigenvalue weighted by Gasteiger charge is -2.22. The third-order valence-electron chi connectivity index (χ3n) is 3.19. The molecule has 0 N–H and O–H groups in total. The van der Waals surface area contributed by atoms with Gasteiger partial charge in [-0.3, -0.25) is 4.79 Å². The number of benzene rings is 2. The van der Waals surface area contributed by atoms with Crippen LogP contribution < -0.4 is 0 Å². The maximum absolute atomic E-state index is 11.5. The molecular weight excluding hydrogens is 256 g/mol. The zero-order valence-corrected chi connectivity index (χ0v) is 12.2. The maximum atomic E-state index is 11.5. The van der Waals surface area contributed by atoms with Gasteiger partial charge in [0.1, 0.15) is 0 Å². The smallest absolute Gasteiger partial charge is 0.150 e. The molecule has 0 aromatic heterocycles. The van der Waals surface area contributed by atoms with E-state index in [-0.39, 0.29) is 5.41 Å². The van der Waals surface area contributed by atoms with Crippen LogP contribution in [0.25, 0.3) is 11.1 Å². The van der Waals surface area contributed by atoms with Crippen molar-refractivity contribution >= 4 is 17.9 Å². The molecule has 0 atom stereocenters. The van der Waals surface area contributed by atoms with Gasteiger partial charge in [0, 0.05) is 10.6 Å². The van der Waals surface area contributed by atoms with E-state index in [4.69, 9.17) is 11.6 Å². The number of hydrogen-bond donors (Lipinski definition) is 0. The lowest BCUT2D eigenvalue weighted by Crippen LogP contribution is -2.14. The van der Waals surface area contributed by atoms with Crippen LogP contribution in [0.4, 0.5) is 0 Å². The highest BCUT2D eigenvalue weighted by molar-refractivity contribution is 6.30. The number of carbonyl (C=O) groups is 1. The first-order valence-corrected chi connectivity index (χ1v) is 6.66. The van der Waals surface area contributed by atoms with E-state index in [1.165, 1.54) is 0 Å². The Morgan fingerprint density at radius 2 is 1.63 bits per heavy atom. The molecule has 0 saturated carbocycles. The molecule has 98 valence electrons. The highest BCUT2D eigenvalue weighted by Gasteiger charge is 2.20. The van der Waals surface area contributed by atoms with Crippen LogP contribution in [0.1, 0.15) is 36.7 Å². The molecule has 2 aromatic carbocycles. The Kier molecular flexibility index (Phi) is 3.77. The molecule has 19 heavy (non-hydrogen) atoms. The fourth-order valence-electron chi connectivity index (χ4n) is 2.23. The van der Waals surface area contributed by atoms with Gasteiger partial charge in [0.15, 0.2) is 6.29 Å². The standard InChI is InChI=1S/C17H17ClO/c1-17(2,3)16-6-4-5-14(15(16)11-19)12-7-9-13(18)10-8-12/h4-11H,1-3H3. The molecule has 0 aliphatic heterocycles. The van der Waals surface area contributed by atoms with Crippen molar-refractivity contribution < 1.29 is 4.79 Å². The number of rotatable bonds is 2. The predicted molar refractivity (Wildman–Crippen MR) is 81.0 cm³/mol. The van der Waals surface area contributed by atoms with Crippen molar-refractivity contribution in [2.75, 3.05) is 0 Å². The molecule has 0 aliphatic rings. The van der Waals surface area contributed by atoms with Crippen LogP contribution in [0, 0.1) is 0 Å². The quantitative estimate of drug-likeness (QED) is 0.694. The van der Waals surface area contributed by atoms with Gasteiger partial charge >= 0.3 is 0 Å². The van der Waals surface area contributed by atoms with E-state index < -0.39 is 0 Å². The third kappa shape index (κ3) is 2.87. The molecule has 0 aliphatic carbocycles. The minimum absolute atomic E-state index is 0.0569. The number of halogens is 1. The summed E-state index contributed by atoms with van der Waals surface area (Å²) in [6.07, 6.45) is 0.949. The molecule has 2 aromatic rings. The van der Waals surface area contributed by atoms with Crippen LogP contribution in [-0.2, 0) is 5.41 Å². The molecule has 0 spiro atoms. The van der Waals surface area contributed by atoms with Crippen LogP contribution >= 0.6 is 11.6 Å². The van der Waals surface area contributed by atoms with E-state index >= 15 is 0 Å². The van der Waals surface area contributed by atoms with Crippen molar-refractivity contribution in [3.63, 3.8) is 0 Å². The Bertz CT molecular complexity index is 592. The second kappa shape index (κ2) is 5.18. The third-order valence-corrected chi connectivity index (χ3v) is 3.44. The van der Waals surface area contributed by atoms with Crippen molar-refractivity contribution in [3.8, 4) is 11.1 Å². The highest BCUT2D eigenvalue weighted by atomic mass is 35.5. The van der Waals surface area contributed by atoms with Gasteiger partial charge in [0.25, 0.3) is 0 Å². The molecule has 2 heteroatoms. The topological polar surface area (TPSA) is 17.1 Å². The van der Waals surface area contributed by atoms with Crippen molar-refractivity contribution in [1.29, 1.82) is 0 Å². The Hall–Kier alpha value is -1.60. The van der Waals surface area contributed by atoms with Crippen LogP contribution in [0.15, 0.2) is 42.5 Å². The molecule has 0 amide bonds. The van der Waals surface area contributed by atoms with Crippen LogP contribution in [0.3, 0.4) is 0 Å². The molecule has 0 radical (unpaired) electrons. The summed E-state index contributed by atoms with van der Waals surface area (Å²) < 4.78 is 0. The monoisotopic (exact) mass is 272 g/mol. The summed E-state index contributed by atoms with van der Waals surface area (Å²) in [5.41, 5.74) is 3.74. The lowest BCUT2D eigenvalue weighted by molar-refractivity contribution is 0.112. The minimum atomic E-state index is -0.0569. The summed E-state index contributed by atoms with van der Waals surface area (Å²) in [6.45, 7) is 6.34. The van der Waals surface area contributed by atoms with Gasteiger partial charge in [-0.25, -0.2) is 0 Å². The number of carbonyl (C=O) groups excluding carboxylic acids is 1. The van der Waals surface area contributed by atoms with Crippen molar-refractivity contribution in [1.82, 2.24) is 0 Å². The zero-order valence-electron chi connectivity index (χ0n) is 11.4. The molecule has 0 heterocycles. The first kappa shape index (κ1) is 13.8. The van der Waals surface area contributed by atoms with Crippen molar-refractivity contribution in [2.24, 2.45) is 0 Å². The Labute approximate surface area is 119 Å². The average molecular weight is 273 g/mol. The second-order valence-corrected chi connectivity index (χ2v) is 6.08. The molecule has 0 bridgehead atoms. The van der Waals surface area contributed by atoms with Crippen molar-refractivity contribution in [3.05, 3.63) is 58.6 Å². The Morgan fingerprint density at radius 1 is 1.00 bits per heavy atom. The normalized spacial score (nSPS) is 11.4. The van der Waals surface area contributed by atoms with Gasteiger partial charge in [-0.1, -0.05) is 62.7 Å². The first-order valence-electron chi connectivity index (χ1n) is 6.28.